The molecule has 1 aliphatic carbocycles. The smallest absolute Gasteiger partial charge is 0.0745 e. The molecule has 1 heterocycles. The van der Waals surface area contributed by atoms with Gasteiger partial charge in [0, 0.05) is 27.7 Å². The molecule has 4 nitrogen and oxygen atoms in total. The zero-order chi connectivity index (χ0) is 17.2. The molecule has 6 heteroatoms. The Balaban J connectivity index is 0.00000131. The number of nitrogens with one attached hydrogen (secondary N) is 1. The standard InChI is InChI=1S/C21H20Cl2N2.2H2O/c22-14-10-11-18(23)17(12-14)21-13-20(24-15-6-2-1-3-7-15)16-8-4-5-9-19(16)25-21;;/h4-5,8-13,15H,1-3,6-7H2,(H,24,25);2*1H2. The van der Waals surface area contributed by atoms with E-state index < -0.39 is 0 Å². The number of hydrogen-bond acceptors (Lipinski definition) is 2. The molecule has 0 bridgehead atoms. The van der Waals surface area contributed by atoms with Gasteiger partial charge in [-0.25, -0.2) is 4.98 Å². The Hall–Kier alpha value is -1.85. The van der Waals surface area contributed by atoms with Crippen LogP contribution in [-0.4, -0.2) is 22.0 Å². The Morgan fingerprint density at radius 2 is 1.63 bits per heavy atom. The van der Waals surface area contributed by atoms with Gasteiger partial charge in [-0.15, -0.1) is 0 Å². The minimum atomic E-state index is 0. The van der Waals surface area contributed by atoms with Crippen LogP contribution < -0.4 is 5.32 Å². The SMILES string of the molecule is Clc1ccc(Cl)c(-c2cc(NC3CCCCC3)c3ccccc3n2)c1.O.O. The van der Waals surface area contributed by atoms with Crippen molar-refractivity contribution in [3.8, 4) is 11.3 Å². The van der Waals surface area contributed by atoms with Crippen molar-refractivity contribution in [3.05, 3.63) is 58.6 Å². The lowest BCUT2D eigenvalue weighted by Gasteiger charge is -2.25. The van der Waals surface area contributed by atoms with Crippen LogP contribution >= 0.6 is 23.2 Å². The molecule has 5 N–H and O–H groups in total. The Labute approximate surface area is 169 Å². The molecule has 0 unspecified atom stereocenters. The van der Waals surface area contributed by atoms with Crippen molar-refractivity contribution < 1.29 is 11.0 Å². The van der Waals surface area contributed by atoms with E-state index in [1.54, 1.807) is 6.07 Å². The number of benzene rings is 2. The second kappa shape index (κ2) is 9.38. The maximum atomic E-state index is 6.41. The van der Waals surface area contributed by atoms with Crippen LogP contribution in [0.15, 0.2) is 48.5 Å². The predicted octanol–water partition coefficient (Wildman–Crippen LogP) is 5.30. The van der Waals surface area contributed by atoms with Gasteiger partial charge in [0.05, 0.1) is 16.2 Å². The van der Waals surface area contributed by atoms with E-state index in [1.165, 1.54) is 32.1 Å². The summed E-state index contributed by atoms with van der Waals surface area (Å²) in [7, 11) is 0. The van der Waals surface area contributed by atoms with E-state index in [-0.39, 0.29) is 11.0 Å². The summed E-state index contributed by atoms with van der Waals surface area (Å²) < 4.78 is 0. The van der Waals surface area contributed by atoms with Crippen LogP contribution in [-0.2, 0) is 0 Å². The summed E-state index contributed by atoms with van der Waals surface area (Å²) in [6.45, 7) is 0. The number of aromatic nitrogens is 1. The molecule has 27 heavy (non-hydrogen) atoms. The van der Waals surface area contributed by atoms with Gasteiger partial charge in [-0.05, 0) is 43.2 Å². The summed E-state index contributed by atoms with van der Waals surface area (Å²) in [5, 5.41) is 6.23. The van der Waals surface area contributed by atoms with Gasteiger partial charge in [0.1, 0.15) is 0 Å². The molecule has 0 radical (unpaired) electrons. The number of rotatable bonds is 3. The second-order valence-electron chi connectivity index (χ2n) is 6.68. The predicted molar refractivity (Wildman–Crippen MR) is 115 cm³/mol. The minimum Gasteiger partial charge on any atom is -0.412 e. The summed E-state index contributed by atoms with van der Waals surface area (Å²) in [6, 6.07) is 16.4. The fourth-order valence-electron chi connectivity index (χ4n) is 3.59. The lowest BCUT2D eigenvalue weighted by molar-refractivity contribution is 0.463. The van der Waals surface area contributed by atoms with E-state index in [0.717, 1.165) is 27.8 Å². The summed E-state index contributed by atoms with van der Waals surface area (Å²) in [5.41, 5.74) is 3.81. The fraction of sp³-hybridized carbons (Fsp3) is 0.286. The van der Waals surface area contributed by atoms with E-state index in [2.05, 4.69) is 23.5 Å². The molecule has 1 saturated carbocycles. The molecule has 3 aromatic rings. The van der Waals surface area contributed by atoms with E-state index in [9.17, 15) is 0 Å². The van der Waals surface area contributed by atoms with Crippen LogP contribution in [0.1, 0.15) is 32.1 Å². The topological polar surface area (TPSA) is 87.9 Å². The largest absolute Gasteiger partial charge is 0.412 e. The molecule has 0 aliphatic heterocycles. The molecule has 2 aromatic carbocycles. The molecule has 0 saturated heterocycles. The Morgan fingerprint density at radius 3 is 2.41 bits per heavy atom. The first-order valence-electron chi connectivity index (χ1n) is 8.82. The third kappa shape index (κ3) is 4.71. The number of halogens is 2. The number of nitrogens with zero attached hydrogens (tertiary/aromatic N) is 1. The van der Waals surface area contributed by atoms with Gasteiger partial charge in [0.25, 0.3) is 0 Å². The van der Waals surface area contributed by atoms with Crippen molar-refractivity contribution in [3.63, 3.8) is 0 Å². The summed E-state index contributed by atoms with van der Waals surface area (Å²) >= 11 is 12.6. The molecule has 0 atom stereocenters. The maximum Gasteiger partial charge on any atom is 0.0745 e. The third-order valence-corrected chi connectivity index (χ3v) is 5.45. The number of fused-ring (bicyclic) bond motifs is 1. The molecular formula is C21H24Cl2N2O2. The van der Waals surface area contributed by atoms with Crippen molar-refractivity contribution in [2.75, 3.05) is 5.32 Å². The Kier molecular flexibility index (Phi) is 7.45. The van der Waals surface area contributed by atoms with Crippen molar-refractivity contribution in [2.45, 2.75) is 38.1 Å². The Morgan fingerprint density at radius 1 is 0.889 bits per heavy atom. The van der Waals surface area contributed by atoms with E-state index in [4.69, 9.17) is 28.2 Å². The quantitative estimate of drug-likeness (QED) is 0.638. The summed E-state index contributed by atoms with van der Waals surface area (Å²) in [5.74, 6) is 0. The van der Waals surface area contributed by atoms with Crippen LogP contribution in [0.4, 0.5) is 5.69 Å². The highest BCUT2D eigenvalue weighted by atomic mass is 35.5. The van der Waals surface area contributed by atoms with E-state index >= 15 is 0 Å². The number of para-hydroxylation sites is 1. The zero-order valence-electron chi connectivity index (χ0n) is 14.9. The molecule has 1 aliphatic rings. The van der Waals surface area contributed by atoms with Crippen molar-refractivity contribution >= 4 is 39.8 Å². The van der Waals surface area contributed by atoms with Gasteiger partial charge in [0.2, 0.25) is 0 Å². The van der Waals surface area contributed by atoms with Crippen LogP contribution in [0, 0.1) is 0 Å². The van der Waals surface area contributed by atoms with Crippen LogP contribution in [0.2, 0.25) is 10.0 Å². The summed E-state index contributed by atoms with van der Waals surface area (Å²) in [4.78, 5) is 4.82. The van der Waals surface area contributed by atoms with Gasteiger partial charge < -0.3 is 16.3 Å². The summed E-state index contributed by atoms with van der Waals surface area (Å²) in [6.07, 6.45) is 6.40. The van der Waals surface area contributed by atoms with Gasteiger partial charge in [-0.2, -0.15) is 0 Å². The first-order valence-corrected chi connectivity index (χ1v) is 9.58. The molecular weight excluding hydrogens is 383 g/mol. The minimum absolute atomic E-state index is 0. The lowest BCUT2D eigenvalue weighted by atomic mass is 9.95. The highest BCUT2D eigenvalue weighted by molar-refractivity contribution is 6.35. The molecule has 144 valence electrons. The monoisotopic (exact) mass is 406 g/mol. The molecule has 4 rings (SSSR count). The van der Waals surface area contributed by atoms with Crippen molar-refractivity contribution in [2.24, 2.45) is 0 Å². The van der Waals surface area contributed by atoms with Crippen molar-refractivity contribution in [1.29, 1.82) is 0 Å². The zero-order valence-corrected chi connectivity index (χ0v) is 16.4. The Bertz CT molecular complexity index is 912. The highest BCUT2D eigenvalue weighted by Gasteiger charge is 2.16. The van der Waals surface area contributed by atoms with Crippen LogP contribution in [0.5, 0.6) is 0 Å². The van der Waals surface area contributed by atoms with Crippen LogP contribution in [0.25, 0.3) is 22.2 Å². The average Bonchev–Trinajstić information content (AvgIpc) is 2.64. The van der Waals surface area contributed by atoms with Gasteiger partial charge in [-0.3, -0.25) is 0 Å². The first kappa shape index (κ1) is 21.5. The number of pyridine rings is 1. The first-order chi connectivity index (χ1) is 12.2. The van der Waals surface area contributed by atoms with Crippen molar-refractivity contribution in [1.82, 2.24) is 4.98 Å². The fourth-order valence-corrected chi connectivity index (χ4v) is 3.98. The normalized spacial score (nSPS) is 14.3. The second-order valence-corrected chi connectivity index (χ2v) is 7.52. The average molecular weight is 407 g/mol. The van der Waals surface area contributed by atoms with Crippen LogP contribution in [0.3, 0.4) is 0 Å². The molecule has 1 aromatic heterocycles. The van der Waals surface area contributed by atoms with E-state index in [1.807, 2.05) is 24.3 Å². The van der Waals surface area contributed by atoms with Gasteiger partial charge in [-0.1, -0.05) is 60.7 Å². The highest BCUT2D eigenvalue weighted by Crippen LogP contribution is 2.34. The van der Waals surface area contributed by atoms with E-state index in [0.29, 0.717) is 16.1 Å². The maximum absolute atomic E-state index is 6.41. The molecule has 1 fully saturated rings. The van der Waals surface area contributed by atoms with Gasteiger partial charge in [0.15, 0.2) is 0 Å². The molecule has 0 spiro atoms. The third-order valence-electron chi connectivity index (χ3n) is 4.89. The number of anilines is 1. The van der Waals surface area contributed by atoms with Gasteiger partial charge >= 0.3 is 0 Å². The number of hydrogen-bond donors (Lipinski definition) is 1. The lowest BCUT2D eigenvalue weighted by Crippen LogP contribution is -2.22. The molecule has 0 amide bonds.